The molecule has 0 saturated heterocycles. The van der Waals surface area contributed by atoms with Crippen LogP contribution in [0.25, 0.3) is 0 Å². The fraction of sp³-hybridized carbons (Fsp3) is 0.304. The van der Waals surface area contributed by atoms with Crippen LogP contribution in [-0.4, -0.2) is 23.5 Å². The fourth-order valence-corrected chi connectivity index (χ4v) is 4.17. The molecule has 0 unspecified atom stereocenters. The first-order valence-electron chi connectivity index (χ1n) is 9.70. The second-order valence-corrected chi connectivity index (χ2v) is 7.76. The Balaban J connectivity index is 1.55. The van der Waals surface area contributed by atoms with E-state index in [1.54, 1.807) is 12.1 Å². The number of amides is 1. The van der Waals surface area contributed by atoms with Gasteiger partial charge < -0.3 is 10.2 Å². The number of nitriles is 1. The van der Waals surface area contributed by atoms with Gasteiger partial charge in [-0.1, -0.05) is 23.7 Å². The van der Waals surface area contributed by atoms with E-state index < -0.39 is 0 Å². The van der Waals surface area contributed by atoms with Crippen LogP contribution >= 0.6 is 11.6 Å². The van der Waals surface area contributed by atoms with Gasteiger partial charge in [0, 0.05) is 22.8 Å². The molecule has 0 spiro atoms. The molecule has 1 heterocycles. The first-order chi connectivity index (χ1) is 13.7. The van der Waals surface area contributed by atoms with Gasteiger partial charge in [-0.05, 0) is 79.6 Å². The lowest BCUT2D eigenvalue weighted by Crippen LogP contribution is -2.42. The molecule has 1 amide bonds. The Bertz CT molecular complexity index is 941. The third-order valence-corrected chi connectivity index (χ3v) is 5.80. The van der Waals surface area contributed by atoms with Crippen LogP contribution in [0.15, 0.2) is 59.7 Å². The summed E-state index contributed by atoms with van der Waals surface area (Å²) in [6.45, 7) is 0.654. The lowest BCUT2D eigenvalue weighted by atomic mass is 9.92. The number of halogens is 1. The number of hydrogen-bond donors (Lipinski definition) is 1. The number of nitrogens with one attached hydrogen (secondary N) is 1. The molecule has 4 rings (SSSR count). The number of benzene rings is 2. The number of nitrogens with zero attached hydrogens (tertiary/aromatic N) is 2. The predicted molar refractivity (Wildman–Crippen MR) is 111 cm³/mol. The molecular weight excluding hydrogens is 370 g/mol. The summed E-state index contributed by atoms with van der Waals surface area (Å²) in [4.78, 5) is 15.0. The summed E-state index contributed by atoms with van der Waals surface area (Å²) in [5, 5.41) is 13.3. The quantitative estimate of drug-likeness (QED) is 0.788. The SMILES string of the molecule is N#Cc1ccc(N[C@H]2C3=C(CCCC3)C(=O)N2CCc2ccc(Cl)cc2)cc1. The lowest BCUT2D eigenvalue weighted by Gasteiger charge is -2.29. The molecular formula is C23H22ClN3O. The van der Waals surface area contributed by atoms with Gasteiger partial charge in [0.05, 0.1) is 11.6 Å². The Morgan fingerprint density at radius 1 is 1.07 bits per heavy atom. The van der Waals surface area contributed by atoms with Gasteiger partial charge in [-0.15, -0.1) is 0 Å². The number of anilines is 1. The molecule has 0 saturated carbocycles. The van der Waals surface area contributed by atoms with Gasteiger partial charge >= 0.3 is 0 Å². The number of carbonyl (C=O) groups is 1. The van der Waals surface area contributed by atoms with Crippen LogP contribution in [0.4, 0.5) is 5.69 Å². The van der Waals surface area contributed by atoms with Crippen LogP contribution in [-0.2, 0) is 11.2 Å². The molecule has 28 heavy (non-hydrogen) atoms. The molecule has 142 valence electrons. The van der Waals surface area contributed by atoms with Crippen LogP contribution < -0.4 is 5.32 Å². The fourth-order valence-electron chi connectivity index (χ4n) is 4.05. The van der Waals surface area contributed by atoms with E-state index in [1.165, 1.54) is 11.1 Å². The third kappa shape index (κ3) is 3.76. The Morgan fingerprint density at radius 2 is 1.79 bits per heavy atom. The molecule has 2 aromatic carbocycles. The smallest absolute Gasteiger partial charge is 0.251 e. The molecule has 4 nitrogen and oxygen atoms in total. The minimum absolute atomic E-state index is 0.108. The molecule has 0 fully saturated rings. The van der Waals surface area contributed by atoms with Crippen molar-refractivity contribution in [3.63, 3.8) is 0 Å². The van der Waals surface area contributed by atoms with Gasteiger partial charge in [-0.2, -0.15) is 5.26 Å². The zero-order valence-corrected chi connectivity index (χ0v) is 16.4. The van der Waals surface area contributed by atoms with Crippen molar-refractivity contribution in [2.75, 3.05) is 11.9 Å². The summed E-state index contributed by atoms with van der Waals surface area (Å²) in [7, 11) is 0. The molecule has 2 aliphatic rings. The summed E-state index contributed by atoms with van der Waals surface area (Å²) in [6.07, 6.45) is 4.73. The van der Waals surface area contributed by atoms with Crippen molar-refractivity contribution in [1.82, 2.24) is 4.90 Å². The number of carbonyl (C=O) groups excluding carboxylic acids is 1. The molecule has 0 bridgehead atoms. The molecule has 5 heteroatoms. The van der Waals surface area contributed by atoms with Gasteiger partial charge in [0.15, 0.2) is 0 Å². The first kappa shape index (κ1) is 18.6. The highest BCUT2D eigenvalue weighted by Crippen LogP contribution is 2.37. The van der Waals surface area contributed by atoms with Crippen LogP contribution in [0, 0.1) is 11.3 Å². The van der Waals surface area contributed by atoms with Crippen molar-refractivity contribution in [2.45, 2.75) is 38.3 Å². The van der Waals surface area contributed by atoms with Gasteiger partial charge in [0.2, 0.25) is 0 Å². The molecule has 1 atom stereocenters. The maximum atomic E-state index is 13.1. The van der Waals surface area contributed by atoms with Gasteiger partial charge in [0.1, 0.15) is 6.17 Å². The summed E-state index contributed by atoms with van der Waals surface area (Å²) in [5.74, 6) is 0.162. The zero-order chi connectivity index (χ0) is 19.5. The van der Waals surface area contributed by atoms with Crippen LogP contribution in [0.3, 0.4) is 0 Å². The Kier molecular flexibility index (Phi) is 5.36. The molecule has 0 radical (unpaired) electrons. The van der Waals surface area contributed by atoms with E-state index in [-0.39, 0.29) is 12.1 Å². The van der Waals surface area contributed by atoms with Crippen LogP contribution in [0.5, 0.6) is 0 Å². The minimum atomic E-state index is -0.108. The maximum Gasteiger partial charge on any atom is 0.251 e. The van der Waals surface area contributed by atoms with Crippen molar-refractivity contribution in [3.8, 4) is 6.07 Å². The second kappa shape index (κ2) is 8.08. The second-order valence-electron chi connectivity index (χ2n) is 7.32. The van der Waals surface area contributed by atoms with E-state index in [4.69, 9.17) is 16.9 Å². The van der Waals surface area contributed by atoms with E-state index >= 15 is 0 Å². The van der Waals surface area contributed by atoms with Crippen molar-refractivity contribution < 1.29 is 4.79 Å². The average molecular weight is 392 g/mol. The molecule has 2 aromatic rings. The standard InChI is InChI=1S/C23H22ClN3O/c24-18-9-5-16(6-10-18)13-14-27-22(20-3-1-2-4-21(20)23(27)28)26-19-11-7-17(15-25)8-12-19/h5-12,22,26H,1-4,13-14H2/t22-/m1/s1. The zero-order valence-electron chi connectivity index (χ0n) is 15.6. The monoisotopic (exact) mass is 391 g/mol. The summed E-state index contributed by atoms with van der Waals surface area (Å²) >= 11 is 5.98. The minimum Gasteiger partial charge on any atom is -0.362 e. The van der Waals surface area contributed by atoms with Crippen LogP contribution in [0.2, 0.25) is 5.02 Å². The molecule has 1 aliphatic heterocycles. The van der Waals surface area contributed by atoms with E-state index in [0.29, 0.717) is 12.1 Å². The van der Waals surface area contributed by atoms with Gasteiger partial charge in [-0.25, -0.2) is 0 Å². The highest BCUT2D eigenvalue weighted by Gasteiger charge is 2.39. The van der Waals surface area contributed by atoms with Crippen molar-refractivity contribution in [2.24, 2.45) is 0 Å². The Labute approximate surface area is 170 Å². The molecule has 1 N–H and O–H groups in total. The van der Waals surface area contributed by atoms with E-state index in [1.807, 2.05) is 41.3 Å². The summed E-state index contributed by atoms with van der Waals surface area (Å²) in [6, 6.07) is 17.3. The van der Waals surface area contributed by atoms with E-state index in [2.05, 4.69) is 11.4 Å². The lowest BCUT2D eigenvalue weighted by molar-refractivity contribution is -0.126. The highest BCUT2D eigenvalue weighted by molar-refractivity contribution is 6.30. The third-order valence-electron chi connectivity index (χ3n) is 5.54. The largest absolute Gasteiger partial charge is 0.362 e. The molecule has 1 aliphatic carbocycles. The first-order valence-corrected chi connectivity index (χ1v) is 10.1. The van der Waals surface area contributed by atoms with E-state index in [9.17, 15) is 4.79 Å². The van der Waals surface area contributed by atoms with E-state index in [0.717, 1.165) is 48.4 Å². The summed E-state index contributed by atoms with van der Waals surface area (Å²) in [5.41, 5.74) is 4.95. The predicted octanol–water partition coefficient (Wildman–Crippen LogP) is 4.91. The average Bonchev–Trinajstić information content (AvgIpc) is 3.00. The van der Waals surface area contributed by atoms with Crippen molar-refractivity contribution in [1.29, 1.82) is 5.26 Å². The maximum absolute atomic E-state index is 13.1. The Morgan fingerprint density at radius 3 is 2.50 bits per heavy atom. The summed E-state index contributed by atoms with van der Waals surface area (Å²) < 4.78 is 0. The molecule has 0 aromatic heterocycles. The highest BCUT2D eigenvalue weighted by atomic mass is 35.5. The normalized spacial score (nSPS) is 18.8. The van der Waals surface area contributed by atoms with Gasteiger partial charge in [0.25, 0.3) is 5.91 Å². The van der Waals surface area contributed by atoms with Crippen molar-refractivity contribution in [3.05, 3.63) is 75.8 Å². The topological polar surface area (TPSA) is 56.1 Å². The Hall–Kier alpha value is -2.77. The van der Waals surface area contributed by atoms with Crippen LogP contribution in [0.1, 0.15) is 36.8 Å². The van der Waals surface area contributed by atoms with Crippen molar-refractivity contribution >= 4 is 23.2 Å². The van der Waals surface area contributed by atoms with Gasteiger partial charge in [-0.3, -0.25) is 4.79 Å². The number of rotatable bonds is 5. The number of hydrogen-bond acceptors (Lipinski definition) is 3.